The quantitative estimate of drug-likeness (QED) is 0.910. The zero-order valence-corrected chi connectivity index (χ0v) is 12.5. The second-order valence-corrected chi connectivity index (χ2v) is 6.65. The molecule has 1 N–H and O–H groups in total. The first-order chi connectivity index (χ1) is 9.65. The highest BCUT2D eigenvalue weighted by Gasteiger charge is 2.22. The van der Waals surface area contributed by atoms with E-state index in [-0.39, 0.29) is 5.56 Å². The van der Waals surface area contributed by atoms with Gasteiger partial charge < -0.3 is 5.11 Å². The predicted molar refractivity (Wildman–Crippen MR) is 79.6 cm³/mol. The van der Waals surface area contributed by atoms with Gasteiger partial charge in [-0.2, -0.15) is 5.10 Å². The third-order valence-electron chi connectivity index (χ3n) is 3.75. The molecule has 0 spiro atoms. The van der Waals surface area contributed by atoms with Gasteiger partial charge in [0.2, 0.25) is 0 Å². The topological polar surface area (TPSA) is 55.1 Å². The van der Waals surface area contributed by atoms with Crippen LogP contribution in [-0.4, -0.2) is 20.9 Å². The van der Waals surface area contributed by atoms with Crippen molar-refractivity contribution in [2.24, 2.45) is 0 Å². The fourth-order valence-corrected chi connectivity index (χ4v) is 3.59. The molecule has 1 aliphatic carbocycles. The number of halogens is 1. The molecule has 0 unspecified atom stereocenters. The number of hydrogen-bond donors (Lipinski definition) is 1. The highest BCUT2D eigenvalue weighted by atomic mass is 35.5. The van der Waals surface area contributed by atoms with Gasteiger partial charge in [0.1, 0.15) is 11.3 Å². The summed E-state index contributed by atoms with van der Waals surface area (Å²) in [6.07, 6.45) is 7.45. The number of aromatic carboxylic acids is 1. The molecule has 1 fully saturated rings. The fraction of sp³-hybridized carbons (Fsp3) is 0.429. The maximum atomic E-state index is 11.4. The van der Waals surface area contributed by atoms with Crippen LogP contribution in [0.2, 0.25) is 4.34 Å². The summed E-state index contributed by atoms with van der Waals surface area (Å²) in [5.74, 6) is -0.940. The van der Waals surface area contributed by atoms with Crippen molar-refractivity contribution in [3.8, 4) is 11.3 Å². The molecule has 0 radical (unpaired) electrons. The molecular weight excluding hydrogens is 296 g/mol. The molecule has 0 aliphatic heterocycles. The van der Waals surface area contributed by atoms with Crippen LogP contribution in [0.1, 0.15) is 48.5 Å². The van der Waals surface area contributed by atoms with E-state index < -0.39 is 5.97 Å². The lowest BCUT2D eigenvalue weighted by Gasteiger charge is -2.21. The van der Waals surface area contributed by atoms with Crippen LogP contribution in [0, 0.1) is 0 Å². The summed E-state index contributed by atoms with van der Waals surface area (Å²) >= 11 is 7.32. The van der Waals surface area contributed by atoms with Crippen molar-refractivity contribution in [3.05, 3.63) is 27.5 Å². The summed E-state index contributed by atoms with van der Waals surface area (Å²) < 4.78 is 2.48. The molecule has 0 aromatic carbocycles. The average Bonchev–Trinajstić information content (AvgIpc) is 3.05. The summed E-state index contributed by atoms with van der Waals surface area (Å²) in [6.45, 7) is 0. The maximum Gasteiger partial charge on any atom is 0.339 e. The molecule has 20 heavy (non-hydrogen) atoms. The molecule has 0 saturated heterocycles. The Bertz CT molecular complexity index is 629. The second-order valence-electron chi connectivity index (χ2n) is 5.11. The van der Waals surface area contributed by atoms with Gasteiger partial charge >= 0.3 is 5.97 Å². The maximum absolute atomic E-state index is 11.4. The lowest BCUT2D eigenvalue weighted by Crippen LogP contribution is -2.13. The molecule has 1 aliphatic rings. The zero-order chi connectivity index (χ0) is 14.1. The summed E-state index contributed by atoms with van der Waals surface area (Å²) in [6, 6.07) is 2.09. The molecular formula is C14H15ClN2O2S. The van der Waals surface area contributed by atoms with Gasteiger partial charge in [-0.3, -0.25) is 4.68 Å². The SMILES string of the molecule is O=C(O)c1cn(C2CCCCC2)nc1-c1csc(Cl)c1. The Morgan fingerprint density at radius 2 is 2.15 bits per heavy atom. The first-order valence-electron chi connectivity index (χ1n) is 6.72. The Kier molecular flexibility index (Phi) is 3.81. The second kappa shape index (κ2) is 5.58. The van der Waals surface area contributed by atoms with Gasteiger partial charge in [0.05, 0.1) is 10.4 Å². The van der Waals surface area contributed by atoms with E-state index in [1.54, 1.807) is 12.3 Å². The molecule has 0 amide bonds. The van der Waals surface area contributed by atoms with Crippen LogP contribution in [0.25, 0.3) is 11.3 Å². The number of aromatic nitrogens is 2. The number of rotatable bonds is 3. The predicted octanol–water partition coefficient (Wildman–Crippen LogP) is 4.47. The number of carboxylic acid groups (broad SMARTS) is 1. The molecule has 4 nitrogen and oxygen atoms in total. The van der Waals surface area contributed by atoms with Crippen molar-refractivity contribution in [2.75, 3.05) is 0 Å². The van der Waals surface area contributed by atoms with Crippen LogP contribution in [-0.2, 0) is 0 Å². The molecule has 6 heteroatoms. The molecule has 2 aromatic rings. The Hall–Kier alpha value is -1.33. The largest absolute Gasteiger partial charge is 0.478 e. The monoisotopic (exact) mass is 310 g/mol. The molecule has 0 atom stereocenters. The Labute approximate surface area is 126 Å². The van der Waals surface area contributed by atoms with Gasteiger partial charge in [-0.15, -0.1) is 11.3 Å². The fourth-order valence-electron chi connectivity index (χ4n) is 2.73. The smallest absolute Gasteiger partial charge is 0.339 e. The number of hydrogen-bond acceptors (Lipinski definition) is 3. The minimum atomic E-state index is -0.940. The highest BCUT2D eigenvalue weighted by molar-refractivity contribution is 7.14. The molecule has 1 saturated carbocycles. The van der Waals surface area contributed by atoms with Crippen molar-refractivity contribution in [2.45, 2.75) is 38.1 Å². The van der Waals surface area contributed by atoms with E-state index in [0.717, 1.165) is 18.4 Å². The van der Waals surface area contributed by atoms with Crippen LogP contribution in [0.15, 0.2) is 17.6 Å². The van der Waals surface area contributed by atoms with Crippen LogP contribution in [0.4, 0.5) is 0 Å². The van der Waals surface area contributed by atoms with Crippen LogP contribution >= 0.6 is 22.9 Å². The number of nitrogens with zero attached hydrogens (tertiary/aromatic N) is 2. The molecule has 2 aromatic heterocycles. The average molecular weight is 311 g/mol. The van der Waals surface area contributed by atoms with Gasteiger partial charge in [-0.25, -0.2) is 4.79 Å². The Morgan fingerprint density at radius 3 is 2.75 bits per heavy atom. The summed E-state index contributed by atoms with van der Waals surface area (Å²) in [5.41, 5.74) is 1.56. The first kappa shape index (κ1) is 13.6. The Morgan fingerprint density at radius 1 is 1.40 bits per heavy atom. The molecule has 2 heterocycles. The van der Waals surface area contributed by atoms with Crippen LogP contribution < -0.4 is 0 Å². The van der Waals surface area contributed by atoms with Gasteiger partial charge in [0.25, 0.3) is 0 Å². The van der Waals surface area contributed by atoms with E-state index in [4.69, 9.17) is 11.6 Å². The number of thiophene rings is 1. The minimum Gasteiger partial charge on any atom is -0.478 e. The Balaban J connectivity index is 2.00. The van der Waals surface area contributed by atoms with Gasteiger partial charge in [0.15, 0.2) is 0 Å². The van der Waals surface area contributed by atoms with Crippen molar-refractivity contribution >= 4 is 28.9 Å². The molecule has 3 rings (SSSR count). The van der Waals surface area contributed by atoms with E-state index in [0.29, 0.717) is 16.1 Å². The summed E-state index contributed by atoms with van der Waals surface area (Å²) in [5, 5.41) is 15.7. The third-order valence-corrected chi connectivity index (χ3v) is 4.84. The number of carbonyl (C=O) groups is 1. The van der Waals surface area contributed by atoms with Crippen LogP contribution in [0.3, 0.4) is 0 Å². The van der Waals surface area contributed by atoms with E-state index in [9.17, 15) is 9.90 Å². The van der Waals surface area contributed by atoms with Crippen molar-refractivity contribution < 1.29 is 9.90 Å². The third kappa shape index (κ3) is 2.60. The van der Waals surface area contributed by atoms with E-state index in [2.05, 4.69) is 5.10 Å². The minimum absolute atomic E-state index is 0.255. The number of carboxylic acids is 1. The normalized spacial score (nSPS) is 16.4. The lowest BCUT2D eigenvalue weighted by molar-refractivity contribution is 0.0697. The first-order valence-corrected chi connectivity index (χ1v) is 7.98. The summed E-state index contributed by atoms with van der Waals surface area (Å²) in [4.78, 5) is 11.4. The summed E-state index contributed by atoms with van der Waals surface area (Å²) in [7, 11) is 0. The zero-order valence-electron chi connectivity index (χ0n) is 10.9. The van der Waals surface area contributed by atoms with Gasteiger partial charge in [-0.05, 0) is 18.9 Å². The van der Waals surface area contributed by atoms with Crippen LogP contribution in [0.5, 0.6) is 0 Å². The van der Waals surface area contributed by atoms with Gasteiger partial charge in [-0.1, -0.05) is 30.9 Å². The van der Waals surface area contributed by atoms with Crippen molar-refractivity contribution in [3.63, 3.8) is 0 Å². The van der Waals surface area contributed by atoms with Gasteiger partial charge in [0, 0.05) is 17.1 Å². The van der Waals surface area contributed by atoms with E-state index in [1.807, 2.05) is 10.1 Å². The van der Waals surface area contributed by atoms with E-state index in [1.165, 1.54) is 30.6 Å². The van der Waals surface area contributed by atoms with E-state index >= 15 is 0 Å². The molecule has 106 valence electrons. The lowest BCUT2D eigenvalue weighted by atomic mass is 9.96. The van der Waals surface area contributed by atoms with Crippen molar-refractivity contribution in [1.82, 2.24) is 9.78 Å². The molecule has 0 bridgehead atoms. The van der Waals surface area contributed by atoms with Crippen molar-refractivity contribution in [1.29, 1.82) is 0 Å². The standard InChI is InChI=1S/C14H15ClN2O2S/c15-12-6-9(8-20-12)13-11(14(18)19)7-17(16-13)10-4-2-1-3-5-10/h6-8,10H,1-5H2,(H,18,19). The highest BCUT2D eigenvalue weighted by Crippen LogP contribution is 2.33.